The molecule has 56 valence electrons. The smallest absolute Gasteiger partial charge is 0.221 e. The van der Waals surface area contributed by atoms with Crippen LogP contribution < -0.4 is 0 Å². The average Bonchev–Trinajstić information content (AvgIpc) is 1.83. The van der Waals surface area contributed by atoms with Gasteiger partial charge in [0.1, 0.15) is 0 Å². The second-order valence-electron chi connectivity index (χ2n) is 3.15. The molecule has 0 spiro atoms. The molecule has 0 aromatic carbocycles. The predicted octanol–water partition coefficient (Wildman–Crippen LogP) is 1.36. The van der Waals surface area contributed by atoms with E-state index in [1.54, 1.807) is 20.8 Å². The standard InChI is InChI=1S/C8H12O2/c1-5-6(9)7(10)8(2,3)4/h5H,1H2,2-4H3. The maximum Gasteiger partial charge on any atom is 0.221 e. The van der Waals surface area contributed by atoms with Gasteiger partial charge in [-0.1, -0.05) is 27.4 Å². The van der Waals surface area contributed by atoms with Gasteiger partial charge in [-0.15, -0.1) is 0 Å². The van der Waals surface area contributed by atoms with Gasteiger partial charge >= 0.3 is 0 Å². The highest BCUT2D eigenvalue weighted by Crippen LogP contribution is 2.14. The van der Waals surface area contributed by atoms with E-state index in [1.165, 1.54) is 0 Å². The SMILES string of the molecule is C=CC(=O)C(=O)C(C)(C)C. The molecule has 0 heterocycles. The highest BCUT2D eigenvalue weighted by Gasteiger charge is 2.25. The Hall–Kier alpha value is -0.920. The largest absolute Gasteiger partial charge is 0.290 e. The van der Waals surface area contributed by atoms with Crippen LogP contribution in [0.1, 0.15) is 20.8 Å². The Labute approximate surface area is 60.9 Å². The number of Topliss-reactive ketones (excluding diaryl/α,β-unsaturated/α-hetero) is 1. The van der Waals surface area contributed by atoms with E-state index >= 15 is 0 Å². The van der Waals surface area contributed by atoms with E-state index in [0.29, 0.717) is 0 Å². The van der Waals surface area contributed by atoms with Gasteiger partial charge in [0, 0.05) is 5.41 Å². The molecule has 0 aliphatic rings. The van der Waals surface area contributed by atoms with Crippen molar-refractivity contribution in [3.63, 3.8) is 0 Å². The molecule has 0 unspecified atom stereocenters. The Morgan fingerprint density at radius 1 is 1.30 bits per heavy atom. The maximum absolute atomic E-state index is 11.0. The van der Waals surface area contributed by atoms with Crippen LogP contribution in [0.2, 0.25) is 0 Å². The lowest BCUT2D eigenvalue weighted by molar-refractivity contribution is -0.138. The zero-order chi connectivity index (χ0) is 8.36. The average molecular weight is 140 g/mol. The molecular formula is C8H12O2. The van der Waals surface area contributed by atoms with E-state index in [-0.39, 0.29) is 5.78 Å². The van der Waals surface area contributed by atoms with Gasteiger partial charge in [-0.05, 0) is 6.08 Å². The summed E-state index contributed by atoms with van der Waals surface area (Å²) in [6.07, 6.45) is 1.05. The molecular weight excluding hydrogens is 128 g/mol. The van der Waals surface area contributed by atoms with Crippen LogP contribution in [0.3, 0.4) is 0 Å². The number of rotatable bonds is 2. The third kappa shape index (κ3) is 2.13. The van der Waals surface area contributed by atoms with Crippen molar-refractivity contribution in [1.82, 2.24) is 0 Å². The van der Waals surface area contributed by atoms with Crippen molar-refractivity contribution in [3.05, 3.63) is 12.7 Å². The molecule has 0 radical (unpaired) electrons. The molecule has 0 aromatic rings. The Balaban J connectivity index is 4.38. The topological polar surface area (TPSA) is 34.1 Å². The van der Waals surface area contributed by atoms with Crippen LogP contribution in [0.5, 0.6) is 0 Å². The van der Waals surface area contributed by atoms with Crippen molar-refractivity contribution in [3.8, 4) is 0 Å². The Bertz CT molecular complexity index is 172. The fourth-order valence-corrected chi connectivity index (χ4v) is 0.462. The summed E-state index contributed by atoms with van der Waals surface area (Å²) in [6, 6.07) is 0. The molecule has 0 atom stereocenters. The van der Waals surface area contributed by atoms with Gasteiger partial charge in [-0.25, -0.2) is 0 Å². The zero-order valence-corrected chi connectivity index (χ0v) is 6.60. The third-order valence-electron chi connectivity index (χ3n) is 1.09. The zero-order valence-electron chi connectivity index (χ0n) is 6.60. The quantitative estimate of drug-likeness (QED) is 0.428. The number of carbonyl (C=O) groups excluding carboxylic acids is 2. The summed E-state index contributed by atoms with van der Waals surface area (Å²) in [4.78, 5) is 21.7. The summed E-state index contributed by atoms with van der Waals surface area (Å²) in [5.41, 5.74) is -0.578. The lowest BCUT2D eigenvalue weighted by Crippen LogP contribution is -2.26. The van der Waals surface area contributed by atoms with Gasteiger partial charge in [0.2, 0.25) is 11.6 Å². The summed E-state index contributed by atoms with van der Waals surface area (Å²) in [7, 11) is 0. The molecule has 0 aromatic heterocycles. The molecule has 10 heavy (non-hydrogen) atoms. The lowest BCUT2D eigenvalue weighted by Gasteiger charge is -2.12. The summed E-state index contributed by atoms with van der Waals surface area (Å²) in [6.45, 7) is 8.34. The van der Waals surface area contributed by atoms with Gasteiger partial charge in [0.25, 0.3) is 0 Å². The molecule has 0 N–H and O–H groups in total. The van der Waals surface area contributed by atoms with E-state index in [2.05, 4.69) is 6.58 Å². The molecule has 0 bridgehead atoms. The minimum atomic E-state index is -0.578. The van der Waals surface area contributed by atoms with Gasteiger partial charge in [-0.2, -0.15) is 0 Å². The van der Waals surface area contributed by atoms with Crippen LogP contribution in [-0.2, 0) is 9.59 Å². The number of allylic oxidation sites excluding steroid dienone is 1. The van der Waals surface area contributed by atoms with Crippen LogP contribution in [0.15, 0.2) is 12.7 Å². The Kier molecular flexibility index (Phi) is 2.52. The lowest BCUT2D eigenvalue weighted by atomic mass is 9.88. The summed E-state index contributed by atoms with van der Waals surface area (Å²) in [5.74, 6) is -0.894. The van der Waals surface area contributed by atoms with E-state index < -0.39 is 11.2 Å². The van der Waals surface area contributed by atoms with Gasteiger partial charge in [0.15, 0.2) is 0 Å². The van der Waals surface area contributed by atoms with E-state index in [9.17, 15) is 9.59 Å². The molecule has 2 heteroatoms. The summed E-state index contributed by atoms with van der Waals surface area (Å²) >= 11 is 0. The minimum absolute atomic E-state index is 0.387. The number of hydrogen-bond acceptors (Lipinski definition) is 2. The van der Waals surface area contributed by atoms with Crippen molar-refractivity contribution >= 4 is 11.6 Å². The highest BCUT2D eigenvalue weighted by molar-refractivity contribution is 6.42. The van der Waals surface area contributed by atoms with Crippen LogP contribution in [0.4, 0.5) is 0 Å². The van der Waals surface area contributed by atoms with E-state index in [1.807, 2.05) is 0 Å². The molecule has 0 saturated heterocycles. The first-order valence-corrected chi connectivity index (χ1v) is 3.11. The Morgan fingerprint density at radius 2 is 1.70 bits per heavy atom. The summed E-state index contributed by atoms with van der Waals surface area (Å²) < 4.78 is 0. The number of ketones is 2. The van der Waals surface area contributed by atoms with Crippen molar-refractivity contribution in [2.24, 2.45) is 5.41 Å². The maximum atomic E-state index is 11.0. The molecule has 2 nitrogen and oxygen atoms in total. The van der Waals surface area contributed by atoms with Crippen molar-refractivity contribution in [2.75, 3.05) is 0 Å². The summed E-state index contributed by atoms with van der Waals surface area (Å²) in [5, 5.41) is 0. The van der Waals surface area contributed by atoms with Crippen LogP contribution in [-0.4, -0.2) is 11.6 Å². The number of hydrogen-bond donors (Lipinski definition) is 0. The highest BCUT2D eigenvalue weighted by atomic mass is 16.2. The van der Waals surface area contributed by atoms with Crippen molar-refractivity contribution in [2.45, 2.75) is 20.8 Å². The first kappa shape index (κ1) is 9.08. The van der Waals surface area contributed by atoms with Crippen LogP contribution in [0, 0.1) is 5.41 Å². The number of carbonyl (C=O) groups is 2. The fraction of sp³-hybridized carbons (Fsp3) is 0.500. The second-order valence-corrected chi connectivity index (χ2v) is 3.15. The molecule has 0 saturated carbocycles. The van der Waals surface area contributed by atoms with E-state index in [0.717, 1.165) is 6.08 Å². The van der Waals surface area contributed by atoms with Crippen LogP contribution in [0.25, 0.3) is 0 Å². The first-order valence-electron chi connectivity index (χ1n) is 3.11. The monoisotopic (exact) mass is 140 g/mol. The van der Waals surface area contributed by atoms with Gasteiger partial charge in [0.05, 0.1) is 0 Å². The first-order chi connectivity index (χ1) is 4.39. The van der Waals surface area contributed by atoms with Gasteiger partial charge in [-0.3, -0.25) is 9.59 Å². The predicted molar refractivity (Wildman–Crippen MR) is 39.7 cm³/mol. The molecule has 0 amide bonds. The Morgan fingerprint density at radius 3 is 1.80 bits per heavy atom. The molecule has 0 aliphatic heterocycles. The van der Waals surface area contributed by atoms with Crippen LogP contribution >= 0.6 is 0 Å². The third-order valence-corrected chi connectivity index (χ3v) is 1.09. The second kappa shape index (κ2) is 2.78. The molecule has 0 rings (SSSR count). The molecule has 0 aliphatic carbocycles. The van der Waals surface area contributed by atoms with E-state index in [4.69, 9.17) is 0 Å². The van der Waals surface area contributed by atoms with Crippen molar-refractivity contribution < 1.29 is 9.59 Å². The minimum Gasteiger partial charge on any atom is -0.290 e. The normalized spacial score (nSPS) is 10.7. The molecule has 0 fully saturated rings. The van der Waals surface area contributed by atoms with Crippen molar-refractivity contribution in [1.29, 1.82) is 0 Å². The van der Waals surface area contributed by atoms with Gasteiger partial charge < -0.3 is 0 Å². The fourth-order valence-electron chi connectivity index (χ4n) is 0.462.